The van der Waals surface area contributed by atoms with E-state index in [1.165, 1.54) is 0 Å². The Balaban J connectivity index is 2.03. The molecule has 1 amide bonds. The molecule has 0 aliphatic carbocycles. The van der Waals surface area contributed by atoms with Crippen LogP contribution in [0.25, 0.3) is 0 Å². The van der Waals surface area contributed by atoms with Crippen molar-refractivity contribution >= 4 is 5.91 Å². The van der Waals surface area contributed by atoms with E-state index in [1.807, 2.05) is 17.0 Å². The summed E-state index contributed by atoms with van der Waals surface area (Å²) in [6.07, 6.45) is 2.82. The van der Waals surface area contributed by atoms with E-state index in [2.05, 4.69) is 10.3 Å². The van der Waals surface area contributed by atoms with Crippen LogP contribution in [0.4, 0.5) is 0 Å². The van der Waals surface area contributed by atoms with Gasteiger partial charge in [0.05, 0.1) is 0 Å². The second-order valence-corrected chi connectivity index (χ2v) is 3.48. The number of rotatable bonds is 1. The van der Waals surface area contributed by atoms with E-state index in [0.717, 1.165) is 32.6 Å². The Bertz CT molecular complexity index is 286. The molecule has 0 bridgehead atoms. The summed E-state index contributed by atoms with van der Waals surface area (Å²) < 4.78 is 0. The number of hydrogen-bond acceptors (Lipinski definition) is 2. The van der Waals surface area contributed by atoms with Gasteiger partial charge >= 0.3 is 0 Å². The van der Waals surface area contributed by atoms with Crippen LogP contribution >= 0.6 is 0 Å². The van der Waals surface area contributed by atoms with E-state index in [9.17, 15) is 4.79 Å². The van der Waals surface area contributed by atoms with Crippen molar-refractivity contribution in [2.24, 2.45) is 0 Å². The van der Waals surface area contributed by atoms with Gasteiger partial charge in [-0.05, 0) is 25.1 Å². The summed E-state index contributed by atoms with van der Waals surface area (Å²) in [7, 11) is 0. The maximum Gasteiger partial charge on any atom is 0.270 e. The summed E-state index contributed by atoms with van der Waals surface area (Å²) in [5.74, 6) is 0.110. The number of aromatic amines is 1. The number of hydrogen-bond donors (Lipinski definition) is 2. The highest BCUT2D eigenvalue weighted by Crippen LogP contribution is 2.03. The van der Waals surface area contributed by atoms with E-state index < -0.39 is 0 Å². The van der Waals surface area contributed by atoms with Crippen molar-refractivity contribution in [1.82, 2.24) is 15.2 Å². The zero-order valence-corrected chi connectivity index (χ0v) is 8.12. The molecule has 1 saturated heterocycles. The smallest absolute Gasteiger partial charge is 0.270 e. The van der Waals surface area contributed by atoms with Gasteiger partial charge in [0, 0.05) is 25.8 Å². The van der Waals surface area contributed by atoms with Gasteiger partial charge in [0.15, 0.2) is 0 Å². The van der Waals surface area contributed by atoms with Crippen molar-refractivity contribution in [3.63, 3.8) is 0 Å². The summed E-state index contributed by atoms with van der Waals surface area (Å²) in [6.45, 7) is 3.56. The Hall–Kier alpha value is -1.29. The van der Waals surface area contributed by atoms with Gasteiger partial charge in [-0.3, -0.25) is 4.79 Å². The molecule has 1 fully saturated rings. The fraction of sp³-hybridized carbons (Fsp3) is 0.500. The molecule has 76 valence electrons. The first-order valence-corrected chi connectivity index (χ1v) is 5.01. The molecule has 14 heavy (non-hydrogen) atoms. The second-order valence-electron chi connectivity index (χ2n) is 3.48. The van der Waals surface area contributed by atoms with Gasteiger partial charge in [0.25, 0.3) is 5.91 Å². The van der Waals surface area contributed by atoms with Gasteiger partial charge in [0.2, 0.25) is 0 Å². The Morgan fingerprint density at radius 3 is 3.07 bits per heavy atom. The first-order chi connectivity index (χ1) is 6.88. The predicted octanol–water partition coefficient (Wildman–Crippen LogP) is 0.450. The number of nitrogens with one attached hydrogen (secondary N) is 2. The van der Waals surface area contributed by atoms with Crippen LogP contribution in [0.5, 0.6) is 0 Å². The van der Waals surface area contributed by atoms with E-state index in [1.54, 1.807) is 6.20 Å². The van der Waals surface area contributed by atoms with Crippen LogP contribution < -0.4 is 5.32 Å². The standard InChI is InChI=1S/C10H15N3O/c14-10(9-3-1-5-12-9)13-7-2-4-11-6-8-13/h1,3,5,11-12H,2,4,6-8H2. The van der Waals surface area contributed by atoms with E-state index in [4.69, 9.17) is 0 Å². The van der Waals surface area contributed by atoms with Crippen LogP contribution in [0.3, 0.4) is 0 Å². The molecule has 0 aromatic carbocycles. The molecule has 1 aromatic rings. The minimum atomic E-state index is 0.110. The lowest BCUT2D eigenvalue weighted by Gasteiger charge is -2.18. The molecule has 4 heteroatoms. The molecule has 0 saturated carbocycles. The summed E-state index contributed by atoms with van der Waals surface area (Å²) in [6, 6.07) is 3.67. The van der Waals surface area contributed by atoms with Crippen molar-refractivity contribution in [2.75, 3.05) is 26.2 Å². The van der Waals surface area contributed by atoms with E-state index in [-0.39, 0.29) is 5.91 Å². The Labute approximate surface area is 83.3 Å². The molecule has 0 spiro atoms. The number of H-pyrrole nitrogens is 1. The Morgan fingerprint density at radius 2 is 2.29 bits per heavy atom. The molecule has 0 radical (unpaired) electrons. The highest BCUT2D eigenvalue weighted by atomic mass is 16.2. The summed E-state index contributed by atoms with van der Waals surface area (Å²) in [4.78, 5) is 16.7. The minimum Gasteiger partial charge on any atom is -0.357 e. The molecule has 0 atom stereocenters. The van der Waals surface area contributed by atoms with Crippen LogP contribution in [0.2, 0.25) is 0 Å². The number of amides is 1. The summed E-state index contributed by atoms with van der Waals surface area (Å²) in [5.41, 5.74) is 0.687. The van der Waals surface area contributed by atoms with Crippen LogP contribution in [-0.4, -0.2) is 42.0 Å². The van der Waals surface area contributed by atoms with E-state index >= 15 is 0 Å². The lowest BCUT2D eigenvalue weighted by atomic mass is 10.3. The third-order valence-electron chi connectivity index (χ3n) is 2.46. The zero-order chi connectivity index (χ0) is 9.80. The second kappa shape index (κ2) is 4.28. The lowest BCUT2D eigenvalue weighted by molar-refractivity contribution is 0.0761. The van der Waals surface area contributed by atoms with Crippen LogP contribution in [0.1, 0.15) is 16.9 Å². The van der Waals surface area contributed by atoms with Crippen molar-refractivity contribution in [3.05, 3.63) is 24.0 Å². The van der Waals surface area contributed by atoms with Crippen molar-refractivity contribution in [2.45, 2.75) is 6.42 Å². The molecule has 1 aliphatic heterocycles. The predicted molar refractivity (Wildman–Crippen MR) is 54.2 cm³/mol. The monoisotopic (exact) mass is 193 g/mol. The van der Waals surface area contributed by atoms with Crippen LogP contribution in [-0.2, 0) is 0 Å². The zero-order valence-electron chi connectivity index (χ0n) is 8.12. The highest BCUT2D eigenvalue weighted by Gasteiger charge is 2.16. The van der Waals surface area contributed by atoms with Crippen LogP contribution in [0, 0.1) is 0 Å². The first-order valence-electron chi connectivity index (χ1n) is 5.01. The normalized spacial score (nSPS) is 17.9. The molecule has 2 rings (SSSR count). The molecular weight excluding hydrogens is 178 g/mol. The van der Waals surface area contributed by atoms with Gasteiger partial charge in [-0.2, -0.15) is 0 Å². The van der Waals surface area contributed by atoms with Gasteiger partial charge in [-0.15, -0.1) is 0 Å². The highest BCUT2D eigenvalue weighted by molar-refractivity contribution is 5.92. The largest absolute Gasteiger partial charge is 0.357 e. The Morgan fingerprint density at radius 1 is 1.36 bits per heavy atom. The molecular formula is C10H15N3O. The SMILES string of the molecule is O=C(c1ccc[nH]1)N1CCCNCC1. The molecule has 2 N–H and O–H groups in total. The summed E-state index contributed by atoms with van der Waals surface area (Å²) in [5, 5.41) is 3.27. The van der Waals surface area contributed by atoms with Crippen LogP contribution in [0.15, 0.2) is 18.3 Å². The molecule has 2 heterocycles. The molecule has 0 unspecified atom stereocenters. The maximum absolute atomic E-state index is 11.9. The number of nitrogens with zero attached hydrogens (tertiary/aromatic N) is 1. The Kier molecular flexibility index (Phi) is 2.84. The third-order valence-corrected chi connectivity index (χ3v) is 2.46. The topological polar surface area (TPSA) is 48.1 Å². The quantitative estimate of drug-likeness (QED) is 0.680. The van der Waals surface area contributed by atoms with Gasteiger partial charge < -0.3 is 15.2 Å². The van der Waals surface area contributed by atoms with Crippen molar-refractivity contribution in [1.29, 1.82) is 0 Å². The number of aromatic nitrogens is 1. The average Bonchev–Trinajstić information content (AvgIpc) is 2.59. The van der Waals surface area contributed by atoms with Gasteiger partial charge in [-0.25, -0.2) is 0 Å². The summed E-state index contributed by atoms with van der Waals surface area (Å²) >= 11 is 0. The molecule has 1 aromatic heterocycles. The molecule has 4 nitrogen and oxygen atoms in total. The fourth-order valence-electron chi connectivity index (χ4n) is 1.68. The number of carbonyl (C=O) groups is 1. The fourth-order valence-corrected chi connectivity index (χ4v) is 1.68. The number of carbonyl (C=O) groups excluding carboxylic acids is 1. The van der Waals surface area contributed by atoms with E-state index in [0.29, 0.717) is 5.69 Å². The maximum atomic E-state index is 11.9. The third kappa shape index (κ3) is 1.96. The van der Waals surface area contributed by atoms with Crippen molar-refractivity contribution in [3.8, 4) is 0 Å². The minimum absolute atomic E-state index is 0.110. The average molecular weight is 193 g/mol. The van der Waals surface area contributed by atoms with Gasteiger partial charge in [0.1, 0.15) is 5.69 Å². The molecule has 1 aliphatic rings. The lowest BCUT2D eigenvalue weighted by Crippen LogP contribution is -2.34. The first kappa shape index (κ1) is 9.27. The van der Waals surface area contributed by atoms with Crippen molar-refractivity contribution < 1.29 is 4.79 Å². The van der Waals surface area contributed by atoms with Gasteiger partial charge in [-0.1, -0.05) is 0 Å².